The lowest BCUT2D eigenvalue weighted by Crippen LogP contribution is -2.06. The average Bonchev–Trinajstić information content (AvgIpc) is 2.70. The number of rotatable bonds is 5. The number of fused-ring (bicyclic) bond motifs is 1. The Kier molecular flexibility index (Phi) is 4.67. The first-order valence-electron chi connectivity index (χ1n) is 8.35. The van der Waals surface area contributed by atoms with E-state index in [1.165, 1.54) is 0 Å². The number of benzene rings is 3. The van der Waals surface area contributed by atoms with Crippen molar-refractivity contribution in [1.29, 1.82) is 0 Å². The molecule has 0 atom stereocenters. The van der Waals surface area contributed by atoms with Crippen molar-refractivity contribution in [3.8, 4) is 0 Å². The number of aromatic nitrogens is 2. The van der Waals surface area contributed by atoms with Gasteiger partial charge in [0.2, 0.25) is 0 Å². The number of hydrogen-bond acceptors (Lipinski definition) is 4. The zero-order valence-corrected chi connectivity index (χ0v) is 14.7. The van der Waals surface area contributed by atoms with Crippen LogP contribution in [-0.4, -0.2) is 10.2 Å². The third kappa shape index (κ3) is 3.60. The van der Waals surface area contributed by atoms with E-state index in [1.807, 2.05) is 72.8 Å². The smallest absolute Gasteiger partial charge is 0.160 e. The van der Waals surface area contributed by atoms with Gasteiger partial charge in [-0.05, 0) is 36.4 Å². The van der Waals surface area contributed by atoms with E-state index in [-0.39, 0.29) is 0 Å². The van der Waals surface area contributed by atoms with Crippen LogP contribution < -0.4 is 10.6 Å². The summed E-state index contributed by atoms with van der Waals surface area (Å²) < 4.78 is 0. The van der Waals surface area contributed by atoms with Crippen LogP contribution in [0.2, 0.25) is 5.02 Å². The topological polar surface area (TPSA) is 49.8 Å². The summed E-state index contributed by atoms with van der Waals surface area (Å²) in [6, 6.07) is 25.7. The maximum Gasteiger partial charge on any atom is 0.160 e. The SMILES string of the molecule is Clc1ccc(Nc2nnc(CNc3ccccc3)c3ccccc23)cc1. The minimum absolute atomic E-state index is 0.610. The van der Waals surface area contributed by atoms with Gasteiger partial charge in [0.25, 0.3) is 0 Å². The number of para-hydroxylation sites is 1. The number of halogens is 1. The molecule has 0 aliphatic heterocycles. The van der Waals surface area contributed by atoms with Crippen LogP contribution in [0.25, 0.3) is 10.8 Å². The van der Waals surface area contributed by atoms with Crippen molar-refractivity contribution in [3.63, 3.8) is 0 Å². The fourth-order valence-corrected chi connectivity index (χ4v) is 2.92. The summed E-state index contributed by atoms with van der Waals surface area (Å²) in [6.07, 6.45) is 0. The first-order chi connectivity index (χ1) is 12.8. The molecule has 0 unspecified atom stereocenters. The van der Waals surface area contributed by atoms with Crippen molar-refractivity contribution in [2.75, 3.05) is 10.6 Å². The molecule has 3 aromatic carbocycles. The highest BCUT2D eigenvalue weighted by Crippen LogP contribution is 2.26. The van der Waals surface area contributed by atoms with E-state index in [9.17, 15) is 0 Å². The molecule has 4 rings (SSSR count). The van der Waals surface area contributed by atoms with Crippen LogP contribution in [-0.2, 0) is 6.54 Å². The molecule has 26 heavy (non-hydrogen) atoms. The fraction of sp³-hybridized carbons (Fsp3) is 0.0476. The van der Waals surface area contributed by atoms with Crippen molar-refractivity contribution in [1.82, 2.24) is 10.2 Å². The number of nitrogens with one attached hydrogen (secondary N) is 2. The summed E-state index contributed by atoms with van der Waals surface area (Å²) in [7, 11) is 0. The molecule has 1 aromatic heterocycles. The average molecular weight is 361 g/mol. The third-order valence-electron chi connectivity index (χ3n) is 4.10. The zero-order valence-electron chi connectivity index (χ0n) is 14.0. The molecule has 5 heteroatoms. The zero-order chi connectivity index (χ0) is 17.8. The molecule has 4 nitrogen and oxygen atoms in total. The maximum atomic E-state index is 5.95. The van der Waals surface area contributed by atoms with Gasteiger partial charge in [-0.15, -0.1) is 5.10 Å². The molecule has 0 fully saturated rings. The van der Waals surface area contributed by atoms with Crippen molar-refractivity contribution in [3.05, 3.63) is 89.6 Å². The maximum absolute atomic E-state index is 5.95. The summed E-state index contributed by atoms with van der Waals surface area (Å²) in [6.45, 7) is 0.610. The van der Waals surface area contributed by atoms with Crippen molar-refractivity contribution in [2.24, 2.45) is 0 Å². The van der Waals surface area contributed by atoms with E-state index in [0.717, 1.165) is 33.7 Å². The molecule has 128 valence electrons. The van der Waals surface area contributed by atoms with E-state index < -0.39 is 0 Å². The molecular formula is C21H17ClN4. The quantitative estimate of drug-likeness (QED) is 0.483. The summed E-state index contributed by atoms with van der Waals surface area (Å²) >= 11 is 5.95. The van der Waals surface area contributed by atoms with Gasteiger partial charge >= 0.3 is 0 Å². The Hall–Kier alpha value is -3.11. The minimum Gasteiger partial charge on any atom is -0.379 e. The van der Waals surface area contributed by atoms with Crippen molar-refractivity contribution < 1.29 is 0 Å². The molecule has 0 aliphatic carbocycles. The van der Waals surface area contributed by atoms with Gasteiger partial charge in [0.15, 0.2) is 5.82 Å². The van der Waals surface area contributed by atoms with Crippen molar-refractivity contribution in [2.45, 2.75) is 6.54 Å². The van der Waals surface area contributed by atoms with Gasteiger partial charge in [0.1, 0.15) is 0 Å². The molecule has 0 spiro atoms. The molecule has 1 heterocycles. The van der Waals surface area contributed by atoms with Gasteiger partial charge in [-0.3, -0.25) is 0 Å². The Balaban J connectivity index is 1.63. The first-order valence-corrected chi connectivity index (χ1v) is 8.73. The number of nitrogens with zero attached hydrogens (tertiary/aromatic N) is 2. The highest BCUT2D eigenvalue weighted by atomic mass is 35.5. The Morgan fingerprint density at radius 3 is 2.15 bits per heavy atom. The summed E-state index contributed by atoms with van der Waals surface area (Å²) in [4.78, 5) is 0. The second kappa shape index (κ2) is 7.42. The lowest BCUT2D eigenvalue weighted by molar-refractivity contribution is 0.950. The largest absolute Gasteiger partial charge is 0.379 e. The molecule has 0 saturated carbocycles. The summed E-state index contributed by atoms with van der Waals surface area (Å²) in [5.41, 5.74) is 2.89. The molecule has 4 aromatic rings. The molecular weight excluding hydrogens is 344 g/mol. The van der Waals surface area contributed by atoms with E-state index in [1.54, 1.807) is 0 Å². The van der Waals surface area contributed by atoms with Crippen LogP contribution in [0.5, 0.6) is 0 Å². The van der Waals surface area contributed by atoms with Crippen LogP contribution in [0.15, 0.2) is 78.9 Å². The van der Waals surface area contributed by atoms with E-state index in [4.69, 9.17) is 11.6 Å². The lowest BCUT2D eigenvalue weighted by atomic mass is 10.1. The fourth-order valence-electron chi connectivity index (χ4n) is 2.79. The van der Waals surface area contributed by atoms with Crippen molar-refractivity contribution >= 4 is 39.6 Å². The highest BCUT2D eigenvalue weighted by molar-refractivity contribution is 6.30. The second-order valence-corrected chi connectivity index (χ2v) is 6.33. The Bertz CT molecular complexity index is 1020. The predicted octanol–water partition coefficient (Wildman–Crippen LogP) is 5.64. The molecule has 0 radical (unpaired) electrons. The van der Waals surface area contributed by atoms with Crippen LogP contribution in [0.1, 0.15) is 5.69 Å². The van der Waals surface area contributed by atoms with Crippen LogP contribution in [0, 0.1) is 0 Å². The number of anilines is 3. The van der Waals surface area contributed by atoms with Gasteiger partial charge in [-0.2, -0.15) is 5.10 Å². The minimum atomic E-state index is 0.610. The van der Waals surface area contributed by atoms with Crippen LogP contribution in [0.4, 0.5) is 17.2 Å². The van der Waals surface area contributed by atoms with Gasteiger partial charge in [-0.1, -0.05) is 54.1 Å². The Morgan fingerprint density at radius 2 is 1.38 bits per heavy atom. The third-order valence-corrected chi connectivity index (χ3v) is 4.36. The van der Waals surface area contributed by atoms with Gasteiger partial charge in [-0.25, -0.2) is 0 Å². The Morgan fingerprint density at radius 1 is 0.692 bits per heavy atom. The van der Waals surface area contributed by atoms with E-state index >= 15 is 0 Å². The Labute approximate surface area is 156 Å². The molecule has 0 bridgehead atoms. The van der Waals surface area contributed by atoms with E-state index in [2.05, 4.69) is 26.9 Å². The van der Waals surface area contributed by atoms with Gasteiger partial charge in [0, 0.05) is 27.2 Å². The van der Waals surface area contributed by atoms with E-state index in [0.29, 0.717) is 11.6 Å². The molecule has 0 aliphatic rings. The number of hydrogen-bond donors (Lipinski definition) is 2. The first kappa shape index (κ1) is 16.4. The predicted molar refractivity (Wildman–Crippen MR) is 108 cm³/mol. The second-order valence-electron chi connectivity index (χ2n) is 5.89. The van der Waals surface area contributed by atoms with Crippen LogP contribution in [0.3, 0.4) is 0 Å². The summed E-state index contributed by atoms with van der Waals surface area (Å²) in [5, 5.41) is 18.4. The molecule has 2 N–H and O–H groups in total. The monoisotopic (exact) mass is 360 g/mol. The van der Waals surface area contributed by atoms with Gasteiger partial charge < -0.3 is 10.6 Å². The molecule has 0 saturated heterocycles. The van der Waals surface area contributed by atoms with Gasteiger partial charge in [0.05, 0.1) is 12.2 Å². The van der Waals surface area contributed by atoms with Crippen LogP contribution >= 0.6 is 11.6 Å². The highest BCUT2D eigenvalue weighted by Gasteiger charge is 2.09. The standard InChI is InChI=1S/C21H17ClN4/c22-15-10-12-17(13-11-15)24-21-19-9-5-4-8-18(19)20(25-26-21)14-23-16-6-2-1-3-7-16/h1-13,23H,14H2,(H,24,26). The normalized spacial score (nSPS) is 10.7. The summed E-state index contributed by atoms with van der Waals surface area (Å²) in [5.74, 6) is 0.728. The molecule has 0 amide bonds. The lowest BCUT2D eigenvalue weighted by Gasteiger charge is -2.12.